The van der Waals surface area contributed by atoms with E-state index in [9.17, 15) is 0 Å². The summed E-state index contributed by atoms with van der Waals surface area (Å²) < 4.78 is 92.4. The van der Waals surface area contributed by atoms with Crippen LogP contribution in [-0.4, -0.2) is 56.7 Å². The highest BCUT2D eigenvalue weighted by Crippen LogP contribution is 2.18. The molecule has 0 saturated carbocycles. The van der Waals surface area contributed by atoms with E-state index in [-0.39, 0.29) is 0 Å². The van der Waals surface area contributed by atoms with Crippen LogP contribution in [0.1, 0.15) is 17.8 Å². The van der Waals surface area contributed by atoms with E-state index in [1.165, 1.54) is 0 Å². The van der Waals surface area contributed by atoms with Gasteiger partial charge in [0.15, 0.2) is 6.27 Å². The SMILES string of the molecule is [2H]O[C@]1([2H])O[C@@]([2H])(C([2H])([2H])[2H])[C@]([2H])(O[2H])[C@@]([2H])(O[2H])[C@@]1([2H])O[2H]. The maximum Gasteiger partial charge on any atom is 0.213 e. The maximum absolute atomic E-state index is 7.86. The third-order valence-corrected chi connectivity index (χ3v) is 0.999. The van der Waals surface area contributed by atoms with E-state index in [1.807, 2.05) is 0 Å². The molecule has 11 heavy (non-hydrogen) atoms. The molecular weight excluding hydrogens is 152 g/mol. The third kappa shape index (κ3) is 1.52. The monoisotopic (exact) mass is 176 g/mol. The Morgan fingerprint density at radius 2 is 2.09 bits per heavy atom. The molecule has 0 aromatic heterocycles. The fourth-order valence-electron chi connectivity index (χ4n) is 0.484. The predicted molar refractivity (Wildman–Crippen MR) is 34.6 cm³/mol. The largest absolute Gasteiger partial charge is 0.388 e. The highest BCUT2D eigenvalue weighted by Gasteiger charge is 2.40. The second kappa shape index (κ2) is 3.04. The number of hydrogen-bond acceptors (Lipinski definition) is 5. The van der Waals surface area contributed by atoms with E-state index in [4.69, 9.17) is 16.7 Å². The molecule has 0 aromatic rings. The van der Waals surface area contributed by atoms with E-state index in [1.54, 1.807) is 0 Å². The molecule has 0 spiro atoms. The molecule has 5 atom stereocenters. The van der Waals surface area contributed by atoms with Crippen LogP contribution in [0, 0.1) is 0 Å². The zero-order valence-corrected chi connectivity index (χ0v) is 5.04. The summed E-state index contributed by atoms with van der Waals surface area (Å²) in [4.78, 5) is 0. The Balaban J connectivity index is 3.86. The van der Waals surface area contributed by atoms with Gasteiger partial charge >= 0.3 is 0 Å². The number of ether oxygens (including phenoxy) is 1. The molecule has 0 radical (unpaired) electrons. The van der Waals surface area contributed by atoms with Crippen molar-refractivity contribution in [2.75, 3.05) is 0 Å². The fourth-order valence-corrected chi connectivity index (χ4v) is 0.484. The second-order valence-corrected chi connectivity index (χ2v) is 1.71. The zero-order chi connectivity index (χ0) is 18.5. The average molecular weight is 176 g/mol. The van der Waals surface area contributed by atoms with Gasteiger partial charge in [0.2, 0.25) is 5.72 Å². The zero-order valence-electron chi connectivity index (χ0n) is 17.0. The van der Waals surface area contributed by atoms with E-state index < -0.39 is 37.4 Å². The highest BCUT2D eigenvalue weighted by atomic mass is 16.6. The molecule has 1 heterocycles. The summed E-state index contributed by atoms with van der Waals surface area (Å²) in [5.41, 5.74) is 0. The van der Waals surface area contributed by atoms with Crippen LogP contribution < -0.4 is 0 Å². The first kappa shape index (κ1) is 2.00. The molecule has 0 unspecified atom stereocenters. The smallest absolute Gasteiger partial charge is 0.213 e. The van der Waals surface area contributed by atoms with Crippen LogP contribution in [0.5, 0.6) is 0 Å². The Morgan fingerprint density at radius 3 is 2.64 bits per heavy atom. The Morgan fingerprint density at radius 1 is 1.27 bits per heavy atom. The van der Waals surface area contributed by atoms with Gasteiger partial charge in [-0.2, -0.15) is 0 Å². The average Bonchev–Trinajstić information content (AvgIpc) is 2.49. The number of hydrogen-bond donors (Lipinski definition) is 4. The van der Waals surface area contributed by atoms with Gasteiger partial charge in [-0.15, -0.1) is 0 Å². The summed E-state index contributed by atoms with van der Waals surface area (Å²) in [6.07, 6.45) is -18.8. The lowest BCUT2D eigenvalue weighted by Gasteiger charge is -2.36. The van der Waals surface area contributed by atoms with Crippen molar-refractivity contribution < 1.29 is 36.1 Å². The molecule has 0 aliphatic carbocycles. The highest BCUT2D eigenvalue weighted by molar-refractivity contribution is 4.86. The van der Waals surface area contributed by atoms with E-state index in [0.29, 0.717) is 0 Å². The minimum atomic E-state index is -3.82. The summed E-state index contributed by atoms with van der Waals surface area (Å²) in [6, 6.07) is 0. The van der Waals surface area contributed by atoms with Crippen LogP contribution in [0.15, 0.2) is 0 Å². The van der Waals surface area contributed by atoms with Crippen LogP contribution in [0.3, 0.4) is 0 Å². The minimum absolute atomic E-state index is 3.68. The van der Waals surface area contributed by atoms with Gasteiger partial charge in [-0.3, -0.25) is 0 Å². The molecule has 1 aliphatic rings. The van der Waals surface area contributed by atoms with Crippen molar-refractivity contribution in [2.45, 2.75) is 37.4 Å². The first-order valence-electron chi connectivity index (χ1n) is 8.11. The Bertz CT molecular complexity index is 464. The Kier molecular flexibility index (Phi) is 0.551. The summed E-state index contributed by atoms with van der Waals surface area (Å²) in [5, 5.41) is 15.1. The lowest BCUT2D eigenvalue weighted by Crippen LogP contribution is -2.56. The van der Waals surface area contributed by atoms with Gasteiger partial charge in [0.05, 0.1) is 12.9 Å². The quantitative estimate of drug-likeness (QED) is 0.390. The standard InChI is InChI=1S/C6H12O5/c1-2-3(7)4(8)5(9)6(10)11-2/h2-10H,1H3/t2-,3-,4+,5+,6+/m0/s1/i1D3,2D,3D,4D,5D,6D,7D,8D,9D,10D. The Hall–Kier alpha value is -0.200. The normalized spacial score (nSPS) is 103. The van der Waals surface area contributed by atoms with Crippen LogP contribution in [0.2, 0.25) is 0 Å². The second-order valence-electron chi connectivity index (χ2n) is 1.71. The van der Waals surface area contributed by atoms with Gasteiger partial charge in [-0.1, -0.05) is 0 Å². The molecule has 1 saturated heterocycles. The van der Waals surface area contributed by atoms with Crippen molar-refractivity contribution in [2.24, 2.45) is 0 Å². The molecule has 1 fully saturated rings. The van der Waals surface area contributed by atoms with Crippen molar-refractivity contribution in [1.29, 1.82) is 5.72 Å². The van der Waals surface area contributed by atoms with E-state index >= 15 is 0 Å². The maximum atomic E-state index is 7.86. The molecular formula is C6H12O5. The molecule has 1 aliphatic heterocycles. The van der Waals surface area contributed by atoms with E-state index in [0.717, 1.165) is 0 Å². The lowest BCUT2D eigenvalue weighted by atomic mass is 10.0. The van der Waals surface area contributed by atoms with Gasteiger partial charge in [0.1, 0.15) is 18.2 Å². The molecule has 1 rings (SSSR count). The molecule has 0 amide bonds. The van der Waals surface area contributed by atoms with Crippen molar-refractivity contribution in [3.63, 3.8) is 0 Å². The molecule has 5 heteroatoms. The van der Waals surface area contributed by atoms with Crippen LogP contribution in [-0.2, 0) is 4.74 Å². The van der Waals surface area contributed by atoms with Gasteiger partial charge < -0.3 is 25.2 Å². The molecule has 0 aromatic carbocycles. The third-order valence-electron chi connectivity index (χ3n) is 0.999. The summed E-state index contributed by atoms with van der Waals surface area (Å²) in [5.74, 6) is 0. The first-order chi connectivity index (χ1) is 10.2. The fraction of sp³-hybridized carbons (Fsp3) is 1.00. The minimum Gasteiger partial charge on any atom is -0.388 e. The summed E-state index contributed by atoms with van der Waals surface area (Å²) in [6.45, 7) is -3.69. The Labute approximate surface area is 81.1 Å². The summed E-state index contributed by atoms with van der Waals surface area (Å²) in [7, 11) is 0. The number of rotatable bonds is 4. The molecule has 5 nitrogen and oxygen atoms in total. The van der Waals surface area contributed by atoms with Crippen molar-refractivity contribution in [3.8, 4) is 0 Å². The molecule has 4 N–H and O–H groups in total. The van der Waals surface area contributed by atoms with Gasteiger partial charge in [0.25, 0.3) is 0 Å². The summed E-state index contributed by atoms with van der Waals surface area (Å²) >= 11 is 0. The number of aliphatic hydroxyl groups is 4. The van der Waals surface area contributed by atoms with E-state index in [2.05, 4.69) is 25.2 Å². The topological polar surface area (TPSA) is 90.2 Å². The predicted octanol–water partition coefficient (Wildman–Crippen LogP) is -2.19. The van der Waals surface area contributed by atoms with Crippen LogP contribution in [0.25, 0.3) is 0 Å². The van der Waals surface area contributed by atoms with Crippen molar-refractivity contribution in [3.05, 3.63) is 0 Å². The van der Waals surface area contributed by atoms with Crippen LogP contribution >= 0.6 is 0 Å². The van der Waals surface area contributed by atoms with Gasteiger partial charge in [-0.25, -0.2) is 0 Å². The van der Waals surface area contributed by atoms with Gasteiger partial charge in [0, 0.05) is 4.11 Å². The van der Waals surface area contributed by atoms with Crippen molar-refractivity contribution >= 4 is 0 Å². The molecule has 0 bridgehead atoms. The van der Waals surface area contributed by atoms with Crippen LogP contribution in [0.4, 0.5) is 0 Å². The molecule has 66 valence electrons. The van der Waals surface area contributed by atoms with Gasteiger partial charge in [-0.05, 0) is 6.85 Å². The lowest BCUT2D eigenvalue weighted by molar-refractivity contribution is -0.277. The first-order valence-corrected chi connectivity index (χ1v) is 2.47. The van der Waals surface area contributed by atoms with Crippen molar-refractivity contribution in [1.82, 2.24) is 0 Å².